The Labute approximate surface area is 202 Å². The van der Waals surface area contributed by atoms with Crippen LogP contribution in [0.3, 0.4) is 0 Å². The number of carbonyl (C=O) groups excluding carboxylic acids is 1. The van der Waals surface area contributed by atoms with Crippen molar-refractivity contribution in [3.05, 3.63) is 101 Å². The number of hydrogen-bond acceptors (Lipinski definition) is 4. The summed E-state index contributed by atoms with van der Waals surface area (Å²) in [5.74, 6) is 0.703. The minimum atomic E-state index is -0.191. The van der Waals surface area contributed by atoms with Gasteiger partial charge in [-0.25, -0.2) is 4.39 Å². The lowest BCUT2D eigenvalue weighted by atomic mass is 9.92. The number of hydrogen-bond donors (Lipinski definition) is 0. The summed E-state index contributed by atoms with van der Waals surface area (Å²) in [5, 5.41) is 0. The highest BCUT2D eigenvalue weighted by molar-refractivity contribution is 5.94. The third kappa shape index (κ3) is 5.37. The monoisotopic (exact) mass is 460 g/mol. The number of carbonyl (C=O) groups is 1. The van der Waals surface area contributed by atoms with Crippen molar-refractivity contribution in [2.45, 2.75) is 45.4 Å². The lowest BCUT2D eigenvalue weighted by Gasteiger charge is -2.47. The third-order valence-corrected chi connectivity index (χ3v) is 6.81. The topological polar surface area (TPSA) is 32.8 Å². The highest BCUT2D eigenvalue weighted by Crippen LogP contribution is 2.35. The number of ketones is 1. The first-order valence-corrected chi connectivity index (χ1v) is 11.8. The summed E-state index contributed by atoms with van der Waals surface area (Å²) >= 11 is 0. The maximum Gasteiger partial charge on any atom is 0.159 e. The molecule has 0 unspecified atom stereocenters. The second-order valence-corrected chi connectivity index (χ2v) is 9.31. The van der Waals surface area contributed by atoms with E-state index < -0.39 is 0 Å². The number of nitrogens with zero attached hydrogens (tertiary/aromatic N) is 2. The van der Waals surface area contributed by atoms with Gasteiger partial charge in [-0.1, -0.05) is 48.5 Å². The maximum atomic E-state index is 13.7. The fourth-order valence-electron chi connectivity index (χ4n) is 4.96. The van der Waals surface area contributed by atoms with Gasteiger partial charge in [0, 0.05) is 37.3 Å². The Morgan fingerprint density at radius 3 is 2.38 bits per heavy atom. The van der Waals surface area contributed by atoms with Crippen LogP contribution in [0.5, 0.6) is 5.75 Å². The number of Topliss-reactive ketones (excluding diaryl/α,β-unsaturated/α-hetero) is 1. The molecule has 0 saturated carbocycles. The minimum Gasteiger partial charge on any atom is -0.497 e. The van der Waals surface area contributed by atoms with E-state index in [1.165, 1.54) is 6.07 Å². The first-order chi connectivity index (χ1) is 16.4. The molecule has 1 heterocycles. The SMILES string of the molecule is COc1cccc([C@H](c2ccc(C(C)=O)cc2)N2C[C@@H](C)N(Cc3cccc(F)c3)C[C@@H]2C)c1. The van der Waals surface area contributed by atoms with Crippen LogP contribution in [0.25, 0.3) is 0 Å². The molecular weight excluding hydrogens is 427 g/mol. The Morgan fingerprint density at radius 1 is 0.971 bits per heavy atom. The van der Waals surface area contributed by atoms with Crippen molar-refractivity contribution in [3.8, 4) is 5.75 Å². The van der Waals surface area contributed by atoms with Crippen molar-refractivity contribution in [1.29, 1.82) is 0 Å². The predicted molar refractivity (Wildman–Crippen MR) is 134 cm³/mol. The molecular formula is C29H33FN2O2. The molecule has 5 heteroatoms. The van der Waals surface area contributed by atoms with Gasteiger partial charge in [-0.05, 0) is 61.7 Å². The molecule has 0 aromatic heterocycles. The van der Waals surface area contributed by atoms with Gasteiger partial charge in [-0.2, -0.15) is 0 Å². The van der Waals surface area contributed by atoms with Crippen LogP contribution in [0.1, 0.15) is 53.9 Å². The highest BCUT2D eigenvalue weighted by atomic mass is 19.1. The van der Waals surface area contributed by atoms with E-state index in [1.807, 2.05) is 30.3 Å². The number of halogens is 1. The van der Waals surface area contributed by atoms with Crippen LogP contribution in [-0.4, -0.2) is 47.9 Å². The minimum absolute atomic E-state index is 0.0323. The van der Waals surface area contributed by atoms with Gasteiger partial charge in [0.15, 0.2) is 5.78 Å². The van der Waals surface area contributed by atoms with Crippen LogP contribution in [0.2, 0.25) is 0 Å². The molecule has 0 spiro atoms. The molecule has 4 nitrogen and oxygen atoms in total. The van der Waals surface area contributed by atoms with E-state index in [-0.39, 0.29) is 23.7 Å². The molecule has 0 bridgehead atoms. The molecule has 0 N–H and O–H groups in total. The van der Waals surface area contributed by atoms with E-state index in [2.05, 4.69) is 47.9 Å². The van der Waals surface area contributed by atoms with E-state index in [0.29, 0.717) is 6.04 Å². The second-order valence-electron chi connectivity index (χ2n) is 9.31. The van der Waals surface area contributed by atoms with Crippen molar-refractivity contribution >= 4 is 5.78 Å². The number of rotatable bonds is 7. The number of benzene rings is 3. The van der Waals surface area contributed by atoms with Gasteiger partial charge >= 0.3 is 0 Å². The number of ether oxygens (including phenoxy) is 1. The summed E-state index contributed by atoms with van der Waals surface area (Å²) in [4.78, 5) is 16.8. The van der Waals surface area contributed by atoms with E-state index >= 15 is 0 Å². The standard InChI is InChI=1S/C29H33FN2O2/c1-20-18-32(21(2)17-31(20)19-23-7-5-9-27(30)15-23)29(26-8-6-10-28(16-26)34-4)25-13-11-24(12-14-25)22(3)33/h5-16,20-21,29H,17-19H2,1-4H3/t20-,21+,29+/m1/s1. The summed E-state index contributed by atoms with van der Waals surface area (Å²) in [6.07, 6.45) is 0. The third-order valence-electron chi connectivity index (χ3n) is 6.81. The highest BCUT2D eigenvalue weighted by Gasteiger charge is 2.35. The van der Waals surface area contributed by atoms with Gasteiger partial charge in [-0.15, -0.1) is 0 Å². The zero-order valence-corrected chi connectivity index (χ0v) is 20.4. The van der Waals surface area contributed by atoms with Gasteiger partial charge < -0.3 is 4.74 Å². The Hall–Kier alpha value is -3.02. The molecule has 1 aliphatic rings. The predicted octanol–water partition coefficient (Wildman–Crippen LogP) is 5.72. The molecule has 178 valence electrons. The van der Waals surface area contributed by atoms with Crippen LogP contribution in [0.15, 0.2) is 72.8 Å². The fourth-order valence-corrected chi connectivity index (χ4v) is 4.96. The van der Waals surface area contributed by atoms with Crippen molar-refractivity contribution in [2.75, 3.05) is 20.2 Å². The van der Waals surface area contributed by atoms with E-state index in [0.717, 1.165) is 47.6 Å². The van der Waals surface area contributed by atoms with E-state index in [9.17, 15) is 9.18 Å². The normalized spacial score (nSPS) is 20.1. The van der Waals surface area contributed by atoms with Crippen LogP contribution in [-0.2, 0) is 6.54 Å². The van der Waals surface area contributed by atoms with Crippen molar-refractivity contribution < 1.29 is 13.9 Å². The van der Waals surface area contributed by atoms with Crippen molar-refractivity contribution in [1.82, 2.24) is 9.80 Å². The first kappa shape index (κ1) is 24.1. The van der Waals surface area contributed by atoms with Crippen molar-refractivity contribution in [3.63, 3.8) is 0 Å². The van der Waals surface area contributed by atoms with Crippen molar-refractivity contribution in [2.24, 2.45) is 0 Å². The van der Waals surface area contributed by atoms with Crippen LogP contribution < -0.4 is 4.74 Å². The smallest absolute Gasteiger partial charge is 0.159 e. The van der Waals surface area contributed by atoms with Crippen LogP contribution >= 0.6 is 0 Å². The van der Waals surface area contributed by atoms with Gasteiger partial charge in [0.2, 0.25) is 0 Å². The lowest BCUT2D eigenvalue weighted by molar-refractivity contribution is 0.0194. The average molecular weight is 461 g/mol. The molecule has 1 fully saturated rings. The van der Waals surface area contributed by atoms with Gasteiger partial charge in [0.1, 0.15) is 11.6 Å². The molecule has 1 saturated heterocycles. The molecule has 0 amide bonds. The molecule has 1 aliphatic heterocycles. The van der Waals surface area contributed by atoms with E-state index in [4.69, 9.17) is 4.74 Å². The number of methoxy groups -OCH3 is 1. The largest absolute Gasteiger partial charge is 0.497 e. The van der Waals surface area contributed by atoms with Gasteiger partial charge in [0.25, 0.3) is 0 Å². The average Bonchev–Trinajstić information content (AvgIpc) is 2.83. The molecule has 3 atom stereocenters. The Bertz CT molecular complexity index is 1130. The van der Waals surface area contributed by atoms with E-state index in [1.54, 1.807) is 26.2 Å². The lowest BCUT2D eigenvalue weighted by Crippen LogP contribution is -2.56. The molecule has 4 rings (SSSR count). The summed E-state index contributed by atoms with van der Waals surface area (Å²) in [5.41, 5.74) is 4.02. The number of piperazine rings is 1. The van der Waals surface area contributed by atoms with Gasteiger partial charge in [0.05, 0.1) is 13.2 Å². The molecule has 3 aromatic rings. The first-order valence-electron chi connectivity index (χ1n) is 11.8. The summed E-state index contributed by atoms with van der Waals surface area (Å²) in [6.45, 7) is 8.56. The zero-order chi connectivity index (χ0) is 24.2. The molecule has 34 heavy (non-hydrogen) atoms. The molecule has 0 aliphatic carbocycles. The second kappa shape index (κ2) is 10.5. The van der Waals surface area contributed by atoms with Crippen LogP contribution in [0.4, 0.5) is 4.39 Å². The Kier molecular flexibility index (Phi) is 7.44. The maximum absolute atomic E-state index is 13.7. The molecule has 3 aromatic carbocycles. The Morgan fingerprint density at radius 2 is 1.71 bits per heavy atom. The fraction of sp³-hybridized carbons (Fsp3) is 0.345. The van der Waals surface area contributed by atoms with Gasteiger partial charge in [-0.3, -0.25) is 14.6 Å². The van der Waals surface area contributed by atoms with Crippen LogP contribution in [0, 0.1) is 5.82 Å². The molecule has 0 radical (unpaired) electrons. The quantitative estimate of drug-likeness (QED) is 0.422. The summed E-state index contributed by atoms with van der Waals surface area (Å²) < 4.78 is 19.2. The Balaban J connectivity index is 1.63. The summed E-state index contributed by atoms with van der Waals surface area (Å²) in [7, 11) is 1.69. The zero-order valence-electron chi connectivity index (χ0n) is 20.4. The summed E-state index contributed by atoms with van der Waals surface area (Å²) in [6, 6.07) is 23.7.